The maximum absolute atomic E-state index is 3.89. The molecule has 0 atom stereocenters. The number of halogens is 3. The Bertz CT molecular complexity index is 1460. The van der Waals surface area contributed by atoms with E-state index in [4.69, 9.17) is 0 Å². The number of hydrogen-bond donors (Lipinski definition) is 0. The van der Waals surface area contributed by atoms with Crippen molar-refractivity contribution in [2.24, 2.45) is 0 Å². The predicted octanol–water partition coefficient (Wildman–Crippen LogP) is 8.38. The molecule has 0 amide bonds. The minimum absolute atomic E-state index is 0.209. The Hall–Kier alpha value is -1.56. The first-order valence-corrected chi connectivity index (χ1v) is 12.4. The number of nitrogens with zero attached hydrogens (tertiary/aromatic N) is 2. The summed E-state index contributed by atoms with van der Waals surface area (Å²) >= 11 is 11.3. The second kappa shape index (κ2) is 6.47. The number of fused-ring (bicyclic) bond motifs is 3. The SMILES string of the molecule is CC1(C)N2C/C=C\C(Br)=C/Cc3ccc4c(Br)cc5c6cc(Br)ccc6n1c5c4c32. The van der Waals surface area contributed by atoms with Gasteiger partial charge in [-0.1, -0.05) is 78.2 Å². The summed E-state index contributed by atoms with van der Waals surface area (Å²) in [5.41, 5.74) is 5.14. The van der Waals surface area contributed by atoms with Gasteiger partial charge in [-0.25, -0.2) is 0 Å². The van der Waals surface area contributed by atoms with Crippen molar-refractivity contribution in [1.29, 1.82) is 0 Å². The average molecular weight is 587 g/mol. The zero-order valence-electron chi connectivity index (χ0n) is 16.6. The van der Waals surface area contributed by atoms with Gasteiger partial charge >= 0.3 is 0 Å². The van der Waals surface area contributed by atoms with Gasteiger partial charge < -0.3 is 9.47 Å². The largest absolute Gasteiger partial charge is 0.344 e. The number of allylic oxidation sites excluding steroid dienone is 3. The molecule has 0 aliphatic carbocycles. The van der Waals surface area contributed by atoms with Crippen molar-refractivity contribution in [2.75, 3.05) is 11.4 Å². The van der Waals surface area contributed by atoms with Gasteiger partial charge in [-0.2, -0.15) is 0 Å². The van der Waals surface area contributed by atoms with Gasteiger partial charge in [0.2, 0.25) is 0 Å². The van der Waals surface area contributed by atoms with Crippen molar-refractivity contribution in [3.05, 3.63) is 73.6 Å². The third-order valence-electron chi connectivity index (χ3n) is 6.55. The van der Waals surface area contributed by atoms with E-state index in [2.05, 4.69) is 126 Å². The zero-order chi connectivity index (χ0) is 20.8. The Balaban J connectivity index is 1.90. The third-order valence-corrected chi connectivity index (χ3v) is 8.29. The van der Waals surface area contributed by atoms with Crippen LogP contribution in [0.25, 0.3) is 32.6 Å². The molecule has 0 saturated heterocycles. The van der Waals surface area contributed by atoms with Crippen molar-refractivity contribution in [3.63, 3.8) is 0 Å². The van der Waals surface area contributed by atoms with Gasteiger partial charge in [0.05, 0.1) is 16.7 Å². The van der Waals surface area contributed by atoms with Crippen LogP contribution in [0.5, 0.6) is 0 Å². The smallest absolute Gasteiger partial charge is 0.112 e. The fraction of sp³-hybridized carbons (Fsp3) is 0.200. The molecule has 0 spiro atoms. The molecule has 2 aliphatic rings. The van der Waals surface area contributed by atoms with E-state index in [0.29, 0.717) is 0 Å². The third kappa shape index (κ3) is 2.46. The zero-order valence-corrected chi connectivity index (χ0v) is 21.4. The Morgan fingerprint density at radius 1 is 0.933 bits per heavy atom. The Kier molecular flexibility index (Phi) is 4.13. The van der Waals surface area contributed by atoms with Gasteiger partial charge in [-0.3, -0.25) is 0 Å². The molecule has 2 nitrogen and oxygen atoms in total. The Labute approximate surface area is 200 Å². The molecule has 0 N–H and O–H groups in total. The van der Waals surface area contributed by atoms with E-state index in [1.165, 1.54) is 43.8 Å². The average Bonchev–Trinajstić information content (AvgIpc) is 3.06. The molecule has 0 radical (unpaired) electrons. The van der Waals surface area contributed by atoms with Crippen LogP contribution in [0.2, 0.25) is 0 Å². The first kappa shape index (κ1) is 19.1. The quantitative estimate of drug-likeness (QED) is 0.201. The number of benzene rings is 3. The highest BCUT2D eigenvalue weighted by Crippen LogP contribution is 2.51. The number of aromatic nitrogens is 1. The first-order chi connectivity index (χ1) is 14.4. The summed E-state index contributed by atoms with van der Waals surface area (Å²) in [6.45, 7) is 5.54. The van der Waals surface area contributed by atoms with Crippen LogP contribution in [-0.2, 0) is 12.1 Å². The second-order valence-electron chi connectivity index (χ2n) is 8.55. The summed E-state index contributed by atoms with van der Waals surface area (Å²) in [6, 6.07) is 13.5. The molecule has 5 heteroatoms. The van der Waals surface area contributed by atoms with Gasteiger partial charge in [0, 0.05) is 41.5 Å². The summed E-state index contributed by atoms with van der Waals surface area (Å²) in [4.78, 5) is 2.57. The van der Waals surface area contributed by atoms with E-state index in [0.717, 1.165) is 26.4 Å². The molecule has 0 saturated carbocycles. The molecule has 3 heterocycles. The fourth-order valence-electron chi connectivity index (χ4n) is 5.25. The monoisotopic (exact) mass is 584 g/mol. The van der Waals surface area contributed by atoms with Gasteiger partial charge in [0.15, 0.2) is 0 Å². The summed E-state index contributed by atoms with van der Waals surface area (Å²) in [5, 5.41) is 5.22. The lowest BCUT2D eigenvalue weighted by molar-refractivity contribution is 0.359. The van der Waals surface area contributed by atoms with Crippen molar-refractivity contribution in [3.8, 4) is 0 Å². The van der Waals surface area contributed by atoms with Crippen LogP contribution in [0.1, 0.15) is 19.4 Å². The molecule has 6 rings (SSSR count). The van der Waals surface area contributed by atoms with Crippen LogP contribution < -0.4 is 4.90 Å². The van der Waals surface area contributed by atoms with Crippen LogP contribution in [0.15, 0.2) is 68.1 Å². The van der Waals surface area contributed by atoms with Crippen molar-refractivity contribution in [2.45, 2.75) is 25.9 Å². The first-order valence-electron chi connectivity index (χ1n) is 10.1. The lowest BCUT2D eigenvalue weighted by atomic mass is 9.94. The van der Waals surface area contributed by atoms with Crippen LogP contribution >= 0.6 is 47.8 Å². The van der Waals surface area contributed by atoms with Crippen molar-refractivity contribution < 1.29 is 0 Å². The highest BCUT2D eigenvalue weighted by Gasteiger charge is 2.38. The van der Waals surface area contributed by atoms with E-state index in [9.17, 15) is 0 Å². The summed E-state index contributed by atoms with van der Waals surface area (Å²) in [6.07, 6.45) is 7.61. The molecule has 30 heavy (non-hydrogen) atoms. The molecular weight excluding hydrogens is 568 g/mol. The normalized spacial score (nSPS) is 20.3. The number of rotatable bonds is 0. The second-order valence-corrected chi connectivity index (χ2v) is 11.2. The molecule has 150 valence electrons. The molecule has 0 unspecified atom stereocenters. The highest BCUT2D eigenvalue weighted by molar-refractivity contribution is 9.12. The topological polar surface area (TPSA) is 8.17 Å². The maximum Gasteiger partial charge on any atom is 0.112 e. The van der Waals surface area contributed by atoms with Crippen molar-refractivity contribution >= 4 is 86.1 Å². The summed E-state index contributed by atoms with van der Waals surface area (Å²) in [7, 11) is 0. The fourth-order valence-corrected chi connectivity index (χ4v) is 6.52. The highest BCUT2D eigenvalue weighted by atomic mass is 79.9. The van der Waals surface area contributed by atoms with Gasteiger partial charge in [-0.05, 0) is 50.1 Å². The van der Waals surface area contributed by atoms with E-state index in [1.54, 1.807) is 0 Å². The predicted molar refractivity (Wildman–Crippen MR) is 139 cm³/mol. The Morgan fingerprint density at radius 3 is 2.60 bits per heavy atom. The summed E-state index contributed by atoms with van der Waals surface area (Å²) < 4.78 is 5.95. The molecular formula is C25H19Br3N2. The number of anilines is 1. The molecule has 2 aliphatic heterocycles. The molecule has 3 aromatic carbocycles. The molecule has 1 aromatic heterocycles. The minimum atomic E-state index is -0.209. The van der Waals surface area contributed by atoms with E-state index >= 15 is 0 Å². The van der Waals surface area contributed by atoms with Gasteiger partial charge in [-0.15, -0.1) is 0 Å². The minimum Gasteiger partial charge on any atom is -0.344 e. The van der Waals surface area contributed by atoms with Gasteiger partial charge in [0.1, 0.15) is 5.66 Å². The number of hydrogen-bond acceptors (Lipinski definition) is 1. The van der Waals surface area contributed by atoms with E-state index in [1.807, 2.05) is 0 Å². The molecule has 0 fully saturated rings. The van der Waals surface area contributed by atoms with Crippen LogP contribution in [0, 0.1) is 0 Å². The lowest BCUT2D eigenvalue weighted by Gasteiger charge is -2.46. The maximum atomic E-state index is 3.89. The standard InChI is InChI=1S/C25H19Br3N2/c1-25(2)29-11-3-4-15(26)7-5-14-6-9-17-20(28)13-19-18-12-16(27)8-10-21(18)30(25)24(19)22(17)23(14)29/h3-4,6-10,12-13H,5,11H2,1-2H3/b4-3-,15-7+. The van der Waals surface area contributed by atoms with Gasteiger partial charge in [0.25, 0.3) is 0 Å². The van der Waals surface area contributed by atoms with Crippen LogP contribution in [-0.4, -0.2) is 11.1 Å². The van der Waals surface area contributed by atoms with Crippen LogP contribution in [0.4, 0.5) is 5.69 Å². The Morgan fingerprint density at radius 2 is 1.77 bits per heavy atom. The summed E-state index contributed by atoms with van der Waals surface area (Å²) in [5.74, 6) is 0. The lowest BCUT2D eigenvalue weighted by Crippen LogP contribution is -2.48. The van der Waals surface area contributed by atoms with E-state index < -0.39 is 0 Å². The van der Waals surface area contributed by atoms with E-state index in [-0.39, 0.29) is 5.66 Å². The molecule has 4 aromatic rings. The van der Waals surface area contributed by atoms with Crippen molar-refractivity contribution in [1.82, 2.24) is 4.57 Å². The van der Waals surface area contributed by atoms with Crippen LogP contribution in [0.3, 0.4) is 0 Å². The molecule has 0 bridgehead atoms.